The van der Waals surface area contributed by atoms with Gasteiger partial charge in [-0.15, -0.1) is 0 Å². The summed E-state index contributed by atoms with van der Waals surface area (Å²) >= 11 is 0. The first-order chi connectivity index (χ1) is 14.1. The molecule has 9 nitrogen and oxygen atoms in total. The quantitative estimate of drug-likeness (QED) is 0.675. The number of rotatable bonds is 6. The highest BCUT2D eigenvalue weighted by molar-refractivity contribution is 5.92. The molecular formula is C20H26N6O3. The number of imidazole rings is 1. The van der Waals surface area contributed by atoms with Crippen LogP contribution in [0.1, 0.15) is 35.0 Å². The Balaban J connectivity index is 1.44. The van der Waals surface area contributed by atoms with E-state index in [9.17, 15) is 9.59 Å². The minimum absolute atomic E-state index is 0.0765. The van der Waals surface area contributed by atoms with Gasteiger partial charge in [0.1, 0.15) is 11.5 Å². The van der Waals surface area contributed by atoms with Crippen molar-refractivity contribution < 1.29 is 14.3 Å². The van der Waals surface area contributed by atoms with Crippen LogP contribution in [-0.2, 0) is 29.0 Å². The monoisotopic (exact) mass is 398 g/mol. The van der Waals surface area contributed by atoms with Gasteiger partial charge in [0.15, 0.2) is 0 Å². The first-order valence-corrected chi connectivity index (χ1v) is 9.89. The third-order valence-corrected chi connectivity index (χ3v) is 5.43. The molecule has 2 aromatic heterocycles. The van der Waals surface area contributed by atoms with Gasteiger partial charge in [-0.2, -0.15) is 5.10 Å². The highest BCUT2D eigenvalue weighted by Gasteiger charge is 2.31. The lowest BCUT2D eigenvalue weighted by Crippen LogP contribution is -2.41. The van der Waals surface area contributed by atoms with E-state index in [1.807, 2.05) is 25.3 Å². The van der Waals surface area contributed by atoms with Crippen molar-refractivity contribution in [3.8, 4) is 0 Å². The average Bonchev–Trinajstić information content (AvgIpc) is 3.46. The molecule has 0 spiro atoms. The molecule has 2 aliphatic heterocycles. The van der Waals surface area contributed by atoms with Crippen LogP contribution >= 0.6 is 0 Å². The van der Waals surface area contributed by atoms with Crippen LogP contribution in [0.2, 0.25) is 0 Å². The fraction of sp³-hybridized carbons (Fsp3) is 0.500. The first-order valence-electron chi connectivity index (χ1n) is 9.89. The van der Waals surface area contributed by atoms with E-state index in [2.05, 4.69) is 14.6 Å². The molecule has 154 valence electrons. The van der Waals surface area contributed by atoms with Crippen LogP contribution in [0.25, 0.3) is 0 Å². The Morgan fingerprint density at radius 2 is 2.03 bits per heavy atom. The summed E-state index contributed by atoms with van der Waals surface area (Å²) in [6.45, 7) is 5.69. The second kappa shape index (κ2) is 8.20. The van der Waals surface area contributed by atoms with Crippen LogP contribution in [0.4, 0.5) is 0 Å². The van der Waals surface area contributed by atoms with Crippen molar-refractivity contribution in [2.24, 2.45) is 0 Å². The number of nitrogens with zero attached hydrogens (tertiary/aromatic N) is 6. The number of ether oxygens (including phenoxy) is 1. The lowest BCUT2D eigenvalue weighted by molar-refractivity contribution is -0.129. The van der Waals surface area contributed by atoms with Gasteiger partial charge >= 0.3 is 0 Å². The van der Waals surface area contributed by atoms with Crippen LogP contribution in [0.3, 0.4) is 0 Å². The molecule has 0 unspecified atom stereocenters. The van der Waals surface area contributed by atoms with Crippen LogP contribution in [0.15, 0.2) is 30.6 Å². The topological polar surface area (TPSA) is 85.5 Å². The number of methoxy groups -OCH3 is 1. The van der Waals surface area contributed by atoms with Gasteiger partial charge in [-0.25, -0.2) is 4.98 Å². The van der Waals surface area contributed by atoms with Crippen LogP contribution in [-0.4, -0.2) is 74.3 Å². The average molecular weight is 398 g/mol. The minimum atomic E-state index is -0.183. The zero-order valence-corrected chi connectivity index (χ0v) is 16.8. The highest BCUT2D eigenvalue weighted by Crippen LogP contribution is 2.26. The molecule has 0 bridgehead atoms. The van der Waals surface area contributed by atoms with Gasteiger partial charge in [-0.3, -0.25) is 14.3 Å². The number of amides is 2. The molecule has 4 rings (SSSR count). The Hall–Kier alpha value is -2.94. The molecule has 2 aliphatic rings. The summed E-state index contributed by atoms with van der Waals surface area (Å²) in [6, 6.07) is 1.55. The van der Waals surface area contributed by atoms with Gasteiger partial charge < -0.3 is 19.1 Å². The molecule has 0 saturated carbocycles. The molecule has 29 heavy (non-hydrogen) atoms. The first kappa shape index (κ1) is 19.4. The minimum Gasteiger partial charge on any atom is -0.383 e. The molecule has 0 fully saturated rings. The molecule has 0 radical (unpaired) electrons. The molecule has 2 aromatic rings. The number of carbonyl (C=O) groups is 2. The maximum atomic E-state index is 13.0. The smallest absolute Gasteiger partial charge is 0.275 e. The molecule has 2 amide bonds. The maximum absolute atomic E-state index is 13.0. The van der Waals surface area contributed by atoms with Crippen molar-refractivity contribution in [2.45, 2.75) is 32.5 Å². The van der Waals surface area contributed by atoms with E-state index in [1.54, 1.807) is 33.9 Å². The van der Waals surface area contributed by atoms with Gasteiger partial charge in [-0.05, 0) is 13.0 Å². The Morgan fingerprint density at radius 3 is 2.79 bits per heavy atom. The van der Waals surface area contributed by atoms with Crippen molar-refractivity contribution >= 4 is 11.8 Å². The number of aromatic nitrogens is 4. The predicted molar refractivity (Wildman–Crippen MR) is 105 cm³/mol. The lowest BCUT2D eigenvalue weighted by atomic mass is 10.2. The van der Waals surface area contributed by atoms with Gasteiger partial charge in [-0.1, -0.05) is 12.2 Å². The van der Waals surface area contributed by atoms with Gasteiger partial charge in [0.05, 0.1) is 31.3 Å². The maximum Gasteiger partial charge on any atom is 0.275 e. The fourth-order valence-corrected chi connectivity index (χ4v) is 3.79. The second-order valence-electron chi connectivity index (χ2n) is 7.36. The standard InChI is InChI=1S/C20H26N6O3/c1-15-19-21-16(13-18(27)23-6-3-4-7-23)14-24(19)9-10-26(15)20(28)17-5-8-25(22-17)11-12-29-2/h3-5,8,14-15H,6-7,9-13H2,1-2H3/t15-/m0/s1. The summed E-state index contributed by atoms with van der Waals surface area (Å²) in [6.07, 6.45) is 8.01. The fourth-order valence-electron chi connectivity index (χ4n) is 3.79. The molecule has 0 aromatic carbocycles. The third kappa shape index (κ3) is 3.95. The van der Waals surface area contributed by atoms with E-state index in [4.69, 9.17) is 4.74 Å². The van der Waals surface area contributed by atoms with E-state index in [0.29, 0.717) is 45.0 Å². The normalized spacial score (nSPS) is 18.3. The molecule has 1 atom stereocenters. The number of carbonyl (C=O) groups excluding carboxylic acids is 2. The van der Waals surface area contributed by atoms with Crippen LogP contribution in [0, 0.1) is 0 Å². The summed E-state index contributed by atoms with van der Waals surface area (Å²) in [5.41, 5.74) is 1.17. The highest BCUT2D eigenvalue weighted by atomic mass is 16.5. The van der Waals surface area contributed by atoms with E-state index in [-0.39, 0.29) is 24.3 Å². The van der Waals surface area contributed by atoms with E-state index in [0.717, 1.165) is 11.5 Å². The van der Waals surface area contributed by atoms with Gasteiger partial charge in [0.25, 0.3) is 5.91 Å². The van der Waals surface area contributed by atoms with Crippen molar-refractivity contribution in [2.75, 3.05) is 33.4 Å². The molecular weight excluding hydrogens is 372 g/mol. The number of hydrogen-bond acceptors (Lipinski definition) is 5. The molecule has 9 heteroatoms. The SMILES string of the molecule is COCCn1ccc(C(=O)N2CCn3cc(CC(=O)N4CC=CC4)nc3[C@@H]2C)n1. The summed E-state index contributed by atoms with van der Waals surface area (Å²) in [5.74, 6) is 0.780. The zero-order valence-electron chi connectivity index (χ0n) is 16.8. The van der Waals surface area contributed by atoms with Crippen LogP contribution < -0.4 is 0 Å². The Kier molecular flexibility index (Phi) is 5.48. The molecule has 0 aliphatic carbocycles. The van der Waals surface area contributed by atoms with Gasteiger partial charge in [0, 0.05) is 45.7 Å². The summed E-state index contributed by atoms with van der Waals surface area (Å²) < 4.78 is 8.82. The van der Waals surface area contributed by atoms with Crippen molar-refractivity contribution in [1.82, 2.24) is 29.1 Å². The third-order valence-electron chi connectivity index (χ3n) is 5.43. The molecule has 0 saturated heterocycles. The van der Waals surface area contributed by atoms with Gasteiger partial charge in [0.2, 0.25) is 5.91 Å². The van der Waals surface area contributed by atoms with Crippen molar-refractivity contribution in [3.05, 3.63) is 47.8 Å². The summed E-state index contributed by atoms with van der Waals surface area (Å²) in [5, 5.41) is 4.36. The Morgan fingerprint density at radius 1 is 1.24 bits per heavy atom. The zero-order chi connectivity index (χ0) is 20.4. The van der Waals surface area contributed by atoms with E-state index in [1.165, 1.54) is 0 Å². The largest absolute Gasteiger partial charge is 0.383 e. The van der Waals surface area contributed by atoms with Crippen molar-refractivity contribution in [1.29, 1.82) is 0 Å². The Bertz CT molecular complexity index is 923. The molecule has 4 heterocycles. The Labute approximate surface area is 169 Å². The van der Waals surface area contributed by atoms with E-state index >= 15 is 0 Å². The molecule has 0 N–H and O–H groups in total. The lowest BCUT2D eigenvalue weighted by Gasteiger charge is -2.33. The van der Waals surface area contributed by atoms with E-state index < -0.39 is 0 Å². The number of fused-ring (bicyclic) bond motifs is 1. The predicted octanol–water partition coefficient (Wildman–Crippen LogP) is 0.884. The summed E-state index contributed by atoms with van der Waals surface area (Å²) in [4.78, 5) is 33.6. The second-order valence-corrected chi connectivity index (χ2v) is 7.36. The number of hydrogen-bond donors (Lipinski definition) is 0. The van der Waals surface area contributed by atoms with Crippen molar-refractivity contribution in [3.63, 3.8) is 0 Å². The summed E-state index contributed by atoms with van der Waals surface area (Å²) in [7, 11) is 1.64. The van der Waals surface area contributed by atoms with Crippen LogP contribution in [0.5, 0.6) is 0 Å².